The molecule has 3 rings (SSSR count). The molecule has 0 N–H and O–H groups in total. The van der Waals surface area contributed by atoms with Gasteiger partial charge in [-0.1, -0.05) is 12.1 Å². The fourth-order valence-corrected chi connectivity index (χ4v) is 3.26. The van der Waals surface area contributed by atoms with Crippen molar-refractivity contribution in [1.29, 1.82) is 0 Å². The summed E-state index contributed by atoms with van der Waals surface area (Å²) < 4.78 is 1.83. The molecule has 0 spiro atoms. The van der Waals surface area contributed by atoms with E-state index in [-0.39, 0.29) is 6.04 Å². The summed E-state index contributed by atoms with van der Waals surface area (Å²) in [5.74, 6) is 0.736. The van der Waals surface area contributed by atoms with Crippen LogP contribution in [-0.4, -0.2) is 28.8 Å². The largest absolute Gasteiger partial charge is 0.355 e. The lowest BCUT2D eigenvalue weighted by Crippen LogP contribution is -2.31. The van der Waals surface area contributed by atoms with Gasteiger partial charge in [-0.25, -0.2) is 4.98 Å². The molecule has 3 aromatic heterocycles. The van der Waals surface area contributed by atoms with Gasteiger partial charge in [0.2, 0.25) is 0 Å². The molecule has 0 aliphatic carbocycles. The zero-order valence-electron chi connectivity index (χ0n) is 12.1. The van der Waals surface area contributed by atoms with Crippen molar-refractivity contribution in [2.45, 2.75) is 19.4 Å². The number of thiophene rings is 1. The van der Waals surface area contributed by atoms with Crippen molar-refractivity contribution in [1.82, 2.24) is 9.38 Å². The molecule has 3 heterocycles. The van der Waals surface area contributed by atoms with Crippen molar-refractivity contribution in [3.8, 4) is 0 Å². The van der Waals surface area contributed by atoms with Gasteiger partial charge in [0.15, 0.2) is 12.1 Å². The van der Waals surface area contributed by atoms with Crippen molar-refractivity contribution in [3.63, 3.8) is 0 Å². The van der Waals surface area contributed by atoms with Crippen LogP contribution in [0.2, 0.25) is 0 Å². The van der Waals surface area contributed by atoms with Crippen LogP contribution in [0, 0.1) is 0 Å². The quantitative estimate of drug-likeness (QED) is 0.679. The van der Waals surface area contributed by atoms with E-state index in [0.717, 1.165) is 24.2 Å². The van der Waals surface area contributed by atoms with Gasteiger partial charge >= 0.3 is 0 Å². The monoisotopic (exact) mass is 299 g/mol. The second-order valence-electron chi connectivity index (χ2n) is 5.11. The van der Waals surface area contributed by atoms with Crippen molar-refractivity contribution in [2.24, 2.45) is 0 Å². The number of imidazole rings is 1. The van der Waals surface area contributed by atoms with Gasteiger partial charge in [-0.15, -0.1) is 11.3 Å². The highest BCUT2D eigenvalue weighted by Crippen LogP contribution is 2.23. The predicted molar refractivity (Wildman–Crippen MR) is 86.5 cm³/mol. The Kier molecular flexibility index (Phi) is 3.75. The summed E-state index contributed by atoms with van der Waals surface area (Å²) >= 11 is 1.76. The Morgan fingerprint density at radius 2 is 2.24 bits per heavy atom. The molecule has 0 radical (unpaired) electrons. The van der Waals surface area contributed by atoms with Crippen LogP contribution in [-0.2, 0) is 6.42 Å². The van der Waals surface area contributed by atoms with Crippen molar-refractivity contribution >= 4 is 29.1 Å². The van der Waals surface area contributed by atoms with E-state index in [2.05, 4.69) is 34.3 Å². The molecular weight excluding hydrogens is 282 g/mol. The standard InChI is InChI=1S/C16H17N3OS/c1-12(10-13-6-5-9-21-13)18(2)16-14(11-20)19-8-4-3-7-15(19)17-16/h3-9,11-12H,10H2,1-2H3. The molecule has 0 aliphatic rings. The highest BCUT2D eigenvalue weighted by Gasteiger charge is 2.19. The third-order valence-corrected chi connectivity index (χ3v) is 4.63. The van der Waals surface area contributed by atoms with Gasteiger partial charge in [0.1, 0.15) is 11.3 Å². The molecule has 0 bridgehead atoms. The fourth-order valence-electron chi connectivity index (χ4n) is 2.44. The molecular formula is C16H17N3OS. The first-order valence-corrected chi connectivity index (χ1v) is 7.76. The summed E-state index contributed by atoms with van der Waals surface area (Å²) in [4.78, 5) is 19.5. The van der Waals surface area contributed by atoms with E-state index in [0.29, 0.717) is 5.69 Å². The highest BCUT2D eigenvalue weighted by atomic mass is 32.1. The first kappa shape index (κ1) is 13.8. The number of nitrogens with zero attached hydrogens (tertiary/aromatic N) is 3. The average molecular weight is 299 g/mol. The number of anilines is 1. The molecule has 0 saturated carbocycles. The third-order valence-electron chi connectivity index (χ3n) is 3.73. The summed E-state index contributed by atoms with van der Waals surface area (Å²) in [6, 6.07) is 10.2. The molecule has 1 unspecified atom stereocenters. The molecule has 108 valence electrons. The highest BCUT2D eigenvalue weighted by molar-refractivity contribution is 7.09. The Hall–Kier alpha value is -2.14. The summed E-state index contributed by atoms with van der Waals surface area (Å²) in [5.41, 5.74) is 1.40. The number of fused-ring (bicyclic) bond motifs is 1. The topological polar surface area (TPSA) is 37.6 Å². The molecule has 0 amide bonds. The number of aromatic nitrogens is 2. The van der Waals surface area contributed by atoms with E-state index in [1.54, 1.807) is 11.3 Å². The maximum absolute atomic E-state index is 11.5. The van der Waals surface area contributed by atoms with Crippen molar-refractivity contribution in [2.75, 3.05) is 11.9 Å². The van der Waals surface area contributed by atoms with Crippen LogP contribution in [0.5, 0.6) is 0 Å². The molecule has 21 heavy (non-hydrogen) atoms. The lowest BCUT2D eigenvalue weighted by molar-refractivity contribution is 0.111. The summed E-state index contributed by atoms with van der Waals surface area (Å²) in [6.45, 7) is 2.15. The van der Waals surface area contributed by atoms with E-state index in [1.807, 2.05) is 35.8 Å². The Balaban J connectivity index is 1.93. The maximum Gasteiger partial charge on any atom is 0.170 e. The molecule has 0 aliphatic heterocycles. The minimum Gasteiger partial charge on any atom is -0.355 e. The Morgan fingerprint density at radius 3 is 2.95 bits per heavy atom. The number of hydrogen-bond acceptors (Lipinski definition) is 4. The average Bonchev–Trinajstić information content (AvgIpc) is 3.12. The smallest absolute Gasteiger partial charge is 0.170 e. The van der Waals surface area contributed by atoms with E-state index in [9.17, 15) is 4.79 Å². The van der Waals surface area contributed by atoms with Gasteiger partial charge in [-0.3, -0.25) is 9.20 Å². The summed E-state index contributed by atoms with van der Waals surface area (Å²) in [5, 5.41) is 2.09. The lowest BCUT2D eigenvalue weighted by atomic mass is 10.2. The number of aldehydes is 1. The number of pyridine rings is 1. The molecule has 1 atom stereocenters. The predicted octanol–water partition coefficient (Wildman–Crippen LogP) is 3.28. The van der Waals surface area contributed by atoms with Crippen LogP contribution in [0.15, 0.2) is 41.9 Å². The van der Waals surface area contributed by atoms with Gasteiger partial charge in [0.05, 0.1) is 0 Å². The van der Waals surface area contributed by atoms with Crippen LogP contribution in [0.1, 0.15) is 22.3 Å². The minimum atomic E-state index is 0.271. The van der Waals surface area contributed by atoms with Crippen LogP contribution in [0.4, 0.5) is 5.82 Å². The van der Waals surface area contributed by atoms with E-state index < -0.39 is 0 Å². The van der Waals surface area contributed by atoms with Crippen molar-refractivity contribution < 1.29 is 4.79 Å². The molecule has 4 nitrogen and oxygen atoms in total. The van der Waals surface area contributed by atoms with E-state index in [1.165, 1.54) is 4.88 Å². The molecule has 3 aromatic rings. The second-order valence-corrected chi connectivity index (χ2v) is 6.14. The molecule has 0 fully saturated rings. The SMILES string of the molecule is CC(Cc1cccs1)N(C)c1nc2ccccn2c1C=O. The van der Waals surface area contributed by atoms with E-state index >= 15 is 0 Å². The molecule has 5 heteroatoms. The van der Waals surface area contributed by atoms with Gasteiger partial charge in [0.25, 0.3) is 0 Å². The lowest BCUT2D eigenvalue weighted by Gasteiger charge is -2.24. The Labute approximate surface area is 127 Å². The molecule has 0 saturated heterocycles. The number of rotatable bonds is 5. The zero-order chi connectivity index (χ0) is 14.8. The van der Waals surface area contributed by atoms with Crippen LogP contribution >= 0.6 is 11.3 Å². The second kappa shape index (κ2) is 5.69. The normalized spacial score (nSPS) is 12.5. The zero-order valence-corrected chi connectivity index (χ0v) is 12.9. The number of hydrogen-bond donors (Lipinski definition) is 0. The first-order chi connectivity index (χ1) is 10.2. The number of carbonyl (C=O) groups is 1. The third kappa shape index (κ3) is 2.56. The number of carbonyl (C=O) groups excluding carboxylic acids is 1. The molecule has 0 aromatic carbocycles. The minimum absolute atomic E-state index is 0.271. The maximum atomic E-state index is 11.5. The van der Waals surface area contributed by atoms with Gasteiger partial charge in [0, 0.05) is 30.6 Å². The van der Waals surface area contributed by atoms with Crippen LogP contribution < -0.4 is 4.90 Å². The Bertz CT molecular complexity index is 748. The van der Waals surface area contributed by atoms with Crippen LogP contribution in [0.3, 0.4) is 0 Å². The Morgan fingerprint density at radius 1 is 1.38 bits per heavy atom. The van der Waals surface area contributed by atoms with Gasteiger partial charge in [-0.05, 0) is 30.5 Å². The van der Waals surface area contributed by atoms with Gasteiger partial charge in [-0.2, -0.15) is 0 Å². The van der Waals surface area contributed by atoms with Crippen LogP contribution in [0.25, 0.3) is 5.65 Å². The summed E-state index contributed by atoms with van der Waals surface area (Å²) in [7, 11) is 1.99. The number of likely N-dealkylation sites (N-methyl/N-ethyl adjacent to an activating group) is 1. The first-order valence-electron chi connectivity index (χ1n) is 6.88. The summed E-state index contributed by atoms with van der Waals surface area (Å²) in [6.07, 6.45) is 3.69. The fraction of sp³-hybridized carbons (Fsp3) is 0.250. The van der Waals surface area contributed by atoms with Gasteiger partial charge < -0.3 is 4.90 Å². The van der Waals surface area contributed by atoms with Crippen molar-refractivity contribution in [3.05, 3.63) is 52.5 Å². The van der Waals surface area contributed by atoms with E-state index in [4.69, 9.17) is 0 Å².